The first-order chi connectivity index (χ1) is 19.0. The molecule has 0 N–H and O–H groups in total. The molecule has 3 aromatic rings. The second kappa shape index (κ2) is 12.5. The predicted octanol–water partition coefficient (Wildman–Crippen LogP) is 6.77. The number of halogens is 1. The third-order valence-corrected chi connectivity index (χ3v) is 8.81. The lowest BCUT2D eigenvalue weighted by Gasteiger charge is -2.17. The minimum atomic E-state index is -4.08. The van der Waals surface area contributed by atoms with Gasteiger partial charge >= 0.3 is 10.1 Å². The molecule has 40 heavy (non-hydrogen) atoms. The van der Waals surface area contributed by atoms with Crippen molar-refractivity contribution in [3.8, 4) is 17.2 Å². The van der Waals surface area contributed by atoms with Crippen LogP contribution in [0.3, 0.4) is 0 Å². The number of amides is 2. The van der Waals surface area contributed by atoms with Crippen LogP contribution in [0.1, 0.15) is 36.5 Å². The van der Waals surface area contributed by atoms with Gasteiger partial charge in [0.2, 0.25) is 0 Å². The van der Waals surface area contributed by atoms with Crippen molar-refractivity contribution in [1.82, 2.24) is 4.90 Å². The third kappa shape index (κ3) is 6.89. The van der Waals surface area contributed by atoms with Crippen molar-refractivity contribution in [1.29, 1.82) is 0 Å². The smallest absolute Gasteiger partial charge is 0.339 e. The van der Waals surface area contributed by atoms with Crippen LogP contribution in [0.4, 0.5) is 4.79 Å². The number of benzene rings is 3. The van der Waals surface area contributed by atoms with Crippen molar-refractivity contribution >= 4 is 55.0 Å². The van der Waals surface area contributed by atoms with Gasteiger partial charge < -0.3 is 13.7 Å². The van der Waals surface area contributed by atoms with E-state index in [-0.39, 0.29) is 39.9 Å². The number of hydrogen-bond donors (Lipinski definition) is 0. The van der Waals surface area contributed by atoms with Crippen LogP contribution in [0, 0.1) is 6.92 Å². The molecule has 1 heterocycles. The van der Waals surface area contributed by atoms with Gasteiger partial charge in [-0.3, -0.25) is 14.5 Å². The zero-order chi connectivity index (χ0) is 29.0. The van der Waals surface area contributed by atoms with Gasteiger partial charge in [-0.15, -0.1) is 0 Å². The summed E-state index contributed by atoms with van der Waals surface area (Å²) in [6.45, 7) is 6.43. The first-order valence-corrected chi connectivity index (χ1v) is 15.4. The Labute approximate surface area is 246 Å². The Morgan fingerprint density at radius 2 is 1.73 bits per heavy atom. The third-order valence-electron chi connectivity index (χ3n) is 6.04. The highest BCUT2D eigenvalue weighted by Gasteiger charge is 2.35. The largest absolute Gasteiger partial charge is 0.497 e. The van der Waals surface area contributed by atoms with Gasteiger partial charge in [-0.05, 0) is 106 Å². The molecule has 210 valence electrons. The summed E-state index contributed by atoms with van der Waals surface area (Å²) in [7, 11) is -2.59. The summed E-state index contributed by atoms with van der Waals surface area (Å²) < 4.78 is 42.0. The number of carbonyl (C=O) groups excluding carboxylic acids is 2. The lowest BCUT2D eigenvalue weighted by atomic mass is 10.0. The number of hydrogen-bond acceptors (Lipinski definition) is 8. The van der Waals surface area contributed by atoms with Crippen LogP contribution >= 0.6 is 27.7 Å². The fourth-order valence-corrected chi connectivity index (χ4v) is 6.31. The van der Waals surface area contributed by atoms with Gasteiger partial charge in [0.05, 0.1) is 23.0 Å². The number of nitrogens with zero attached hydrogens (tertiary/aromatic N) is 1. The molecule has 3 aromatic carbocycles. The second-order valence-electron chi connectivity index (χ2n) is 9.28. The minimum absolute atomic E-state index is 0.0234. The van der Waals surface area contributed by atoms with Gasteiger partial charge in [0.15, 0.2) is 5.75 Å². The number of imide groups is 1. The van der Waals surface area contributed by atoms with Crippen LogP contribution in [-0.2, 0) is 14.9 Å². The summed E-state index contributed by atoms with van der Waals surface area (Å²) in [4.78, 5) is 26.9. The summed E-state index contributed by atoms with van der Waals surface area (Å²) in [5.74, 6) is 1.21. The van der Waals surface area contributed by atoms with E-state index in [1.807, 2.05) is 25.1 Å². The van der Waals surface area contributed by atoms with Gasteiger partial charge in [-0.25, -0.2) is 0 Å². The number of aryl methyl sites for hydroxylation is 1. The Kier molecular flexibility index (Phi) is 9.27. The zero-order valence-corrected chi connectivity index (χ0v) is 25.6. The number of ether oxygens (including phenoxy) is 2. The van der Waals surface area contributed by atoms with Gasteiger partial charge in [0.1, 0.15) is 23.0 Å². The lowest BCUT2D eigenvalue weighted by molar-refractivity contribution is -0.123. The SMILES string of the molecule is COc1ccc(S(=O)(=O)Oc2ccc(/C=C3\SC(=O)N(CCOc4cc(C)ccc4C(C)C)C3=O)cc2Br)cc1. The Hall–Kier alpha value is -3.28. The summed E-state index contributed by atoms with van der Waals surface area (Å²) in [5.41, 5.74) is 2.72. The van der Waals surface area contributed by atoms with Gasteiger partial charge in [-0.2, -0.15) is 8.42 Å². The molecule has 0 radical (unpaired) electrons. The zero-order valence-electron chi connectivity index (χ0n) is 22.3. The minimum Gasteiger partial charge on any atom is -0.497 e. The second-order valence-corrected chi connectivity index (χ2v) is 12.7. The first kappa shape index (κ1) is 29.7. The Morgan fingerprint density at radius 3 is 2.38 bits per heavy atom. The maximum absolute atomic E-state index is 13.0. The Morgan fingerprint density at radius 1 is 1.00 bits per heavy atom. The topological polar surface area (TPSA) is 99.2 Å². The molecule has 1 aliphatic rings. The van der Waals surface area contributed by atoms with E-state index >= 15 is 0 Å². The number of thioether (sulfide) groups is 1. The number of methoxy groups -OCH3 is 1. The summed E-state index contributed by atoms with van der Waals surface area (Å²) >= 11 is 4.18. The molecule has 11 heteroatoms. The van der Waals surface area contributed by atoms with Crippen LogP contribution in [0.2, 0.25) is 0 Å². The van der Waals surface area contributed by atoms with Gasteiger partial charge in [0, 0.05) is 0 Å². The molecule has 0 spiro atoms. The van der Waals surface area contributed by atoms with Crippen molar-refractivity contribution in [3.63, 3.8) is 0 Å². The van der Waals surface area contributed by atoms with Crippen LogP contribution in [0.15, 0.2) is 74.9 Å². The Balaban J connectivity index is 1.42. The molecular weight excluding hydrogens is 618 g/mol. The average molecular weight is 647 g/mol. The van der Waals surface area contributed by atoms with Crippen molar-refractivity contribution in [2.75, 3.05) is 20.3 Å². The molecule has 0 bridgehead atoms. The summed E-state index contributed by atoms with van der Waals surface area (Å²) in [6.07, 6.45) is 1.58. The molecule has 0 unspecified atom stereocenters. The fraction of sp³-hybridized carbons (Fsp3) is 0.241. The highest BCUT2D eigenvalue weighted by atomic mass is 79.9. The van der Waals surface area contributed by atoms with Crippen molar-refractivity contribution in [2.45, 2.75) is 31.6 Å². The summed E-state index contributed by atoms with van der Waals surface area (Å²) in [6, 6.07) is 16.5. The van der Waals surface area contributed by atoms with Crippen LogP contribution < -0.4 is 13.7 Å². The monoisotopic (exact) mass is 645 g/mol. The quantitative estimate of drug-likeness (QED) is 0.176. The lowest BCUT2D eigenvalue weighted by Crippen LogP contribution is -2.32. The highest BCUT2D eigenvalue weighted by Crippen LogP contribution is 2.35. The molecular formula is C29H28BrNO7S2. The number of rotatable bonds is 10. The van der Waals surface area contributed by atoms with E-state index in [4.69, 9.17) is 13.7 Å². The molecule has 2 amide bonds. The van der Waals surface area contributed by atoms with Crippen LogP contribution in [0.5, 0.6) is 17.2 Å². The van der Waals surface area contributed by atoms with E-state index < -0.39 is 16.0 Å². The maximum Gasteiger partial charge on any atom is 0.339 e. The fourth-order valence-electron chi connectivity index (χ4n) is 3.92. The van der Waals surface area contributed by atoms with E-state index in [1.165, 1.54) is 37.4 Å². The van der Waals surface area contributed by atoms with E-state index in [9.17, 15) is 18.0 Å². The van der Waals surface area contributed by atoms with E-state index in [1.54, 1.807) is 18.2 Å². The van der Waals surface area contributed by atoms with Crippen LogP contribution in [0.25, 0.3) is 6.08 Å². The van der Waals surface area contributed by atoms with E-state index in [0.29, 0.717) is 15.8 Å². The molecule has 0 aromatic heterocycles. The molecule has 4 rings (SSSR count). The number of carbonyl (C=O) groups is 2. The summed E-state index contributed by atoms with van der Waals surface area (Å²) in [5, 5.41) is -0.377. The first-order valence-electron chi connectivity index (χ1n) is 12.4. The Bertz CT molecular complexity index is 1570. The molecule has 0 saturated carbocycles. The van der Waals surface area contributed by atoms with Crippen molar-refractivity contribution in [2.24, 2.45) is 0 Å². The highest BCUT2D eigenvalue weighted by molar-refractivity contribution is 9.10. The molecule has 1 aliphatic heterocycles. The van der Waals surface area contributed by atoms with Gasteiger partial charge in [0.25, 0.3) is 11.1 Å². The van der Waals surface area contributed by atoms with E-state index in [0.717, 1.165) is 33.5 Å². The van der Waals surface area contributed by atoms with Crippen molar-refractivity contribution < 1.29 is 31.7 Å². The average Bonchev–Trinajstić information content (AvgIpc) is 3.17. The van der Waals surface area contributed by atoms with Crippen molar-refractivity contribution in [3.05, 3.63) is 86.7 Å². The van der Waals surface area contributed by atoms with E-state index in [2.05, 4.69) is 29.8 Å². The predicted molar refractivity (Wildman–Crippen MR) is 158 cm³/mol. The normalized spacial score (nSPS) is 14.8. The standard InChI is InChI=1S/C29H28BrNO7S2/c1-18(2)23-11-5-19(3)15-26(23)37-14-13-31-28(32)27(39-29(31)33)17-20-6-12-25(24(30)16-20)38-40(34,35)22-9-7-21(36-4)8-10-22/h5-12,15-18H,13-14H2,1-4H3/b27-17-. The molecule has 1 fully saturated rings. The molecule has 0 aliphatic carbocycles. The van der Waals surface area contributed by atoms with Gasteiger partial charge in [-0.1, -0.05) is 32.0 Å². The molecule has 8 nitrogen and oxygen atoms in total. The van der Waals surface area contributed by atoms with Crippen LogP contribution in [-0.4, -0.2) is 44.7 Å². The molecule has 0 atom stereocenters. The maximum atomic E-state index is 13.0. The molecule has 1 saturated heterocycles.